The lowest BCUT2D eigenvalue weighted by molar-refractivity contribution is -0.301. The molecular weight excluding hydrogens is 176 g/mol. The topological polar surface area (TPSA) is 114 Å². The lowest BCUT2D eigenvalue weighted by atomic mass is 10.8. The summed E-state index contributed by atoms with van der Waals surface area (Å²) in [5, 5.41) is 19.4. The van der Waals surface area contributed by atoms with Crippen LogP contribution >= 0.6 is 0 Å². The first kappa shape index (κ1) is 9.89. The average Bonchev–Trinajstić information content (AvgIpc) is 1.53. The number of carbonyl (C=O) groups is 2. The second-order valence-corrected chi connectivity index (χ2v) is 3.84. The van der Waals surface area contributed by atoms with E-state index in [4.69, 9.17) is 0 Å². The summed E-state index contributed by atoms with van der Waals surface area (Å²) < 4.78 is 20.8. The fourth-order valence-corrected chi connectivity index (χ4v) is 1.23. The van der Waals surface area contributed by atoms with Gasteiger partial charge in [0.25, 0.3) is 0 Å². The molecule has 0 bridgehead atoms. The summed E-state index contributed by atoms with van der Waals surface area (Å²) in [5.74, 6) is -6.24. The number of rotatable bonds is 4. The van der Waals surface area contributed by atoms with Gasteiger partial charge in [0.05, 0.1) is 23.4 Å². The average molecular weight is 180 g/mol. The summed E-state index contributed by atoms with van der Waals surface area (Å²) in [4.78, 5) is 19.4. The Morgan fingerprint density at radius 1 is 1.00 bits per heavy atom. The van der Waals surface area contributed by atoms with Gasteiger partial charge in [-0.3, -0.25) is 0 Å². The molecule has 0 unspecified atom stereocenters. The van der Waals surface area contributed by atoms with E-state index < -0.39 is 33.3 Å². The van der Waals surface area contributed by atoms with E-state index in [9.17, 15) is 28.2 Å². The third-order valence-corrected chi connectivity index (χ3v) is 2.03. The molecule has 0 radical (unpaired) electrons. The molecule has 0 aromatic heterocycles. The smallest absolute Gasteiger partial charge is 0.160 e. The number of carboxylic acids is 2. The molecule has 7 heteroatoms. The number of aliphatic carboxylic acids is 2. The molecule has 0 atom stereocenters. The second-order valence-electron chi connectivity index (χ2n) is 1.78. The Bertz CT molecular complexity index is 240. The first-order chi connectivity index (χ1) is 4.83. The normalized spacial score (nSPS) is 10.9. The van der Waals surface area contributed by atoms with Crippen LogP contribution < -0.4 is 10.2 Å². The fourth-order valence-electron chi connectivity index (χ4n) is 0.410. The first-order valence-corrected chi connectivity index (χ1v) is 4.26. The van der Waals surface area contributed by atoms with Crippen molar-refractivity contribution >= 4 is 21.8 Å². The third-order valence-electron chi connectivity index (χ3n) is 0.676. The van der Waals surface area contributed by atoms with Crippen LogP contribution in [-0.2, 0) is 19.4 Å². The van der Waals surface area contributed by atoms with Crippen molar-refractivity contribution in [2.45, 2.75) is 0 Å². The van der Waals surface area contributed by atoms with Crippen molar-refractivity contribution in [2.75, 3.05) is 11.5 Å². The molecule has 0 fully saturated rings. The van der Waals surface area contributed by atoms with Crippen molar-refractivity contribution in [3.63, 3.8) is 0 Å². The van der Waals surface area contributed by atoms with Crippen molar-refractivity contribution in [3.8, 4) is 0 Å². The van der Waals surface area contributed by atoms with Crippen LogP contribution in [0, 0.1) is 0 Å². The molecule has 11 heavy (non-hydrogen) atoms. The van der Waals surface area contributed by atoms with E-state index in [1.54, 1.807) is 0 Å². The van der Waals surface area contributed by atoms with Gasteiger partial charge in [-0.25, -0.2) is 8.42 Å². The number of hydrogen-bond acceptors (Lipinski definition) is 6. The second kappa shape index (κ2) is 3.33. The Balaban J connectivity index is 4.25. The Morgan fingerprint density at radius 3 is 1.45 bits per heavy atom. The van der Waals surface area contributed by atoms with Gasteiger partial charge in [0.15, 0.2) is 9.84 Å². The third kappa shape index (κ3) is 5.34. The largest absolute Gasteiger partial charge is 0.549 e. The summed E-state index contributed by atoms with van der Waals surface area (Å²) in [6.07, 6.45) is 0. The van der Waals surface area contributed by atoms with Crippen LogP contribution in [0.5, 0.6) is 0 Å². The summed E-state index contributed by atoms with van der Waals surface area (Å²) in [7, 11) is -4.10. The minimum Gasteiger partial charge on any atom is -0.549 e. The van der Waals surface area contributed by atoms with E-state index in [0.717, 1.165) is 0 Å². The zero-order chi connectivity index (χ0) is 9.07. The van der Waals surface area contributed by atoms with Crippen LogP contribution in [0.4, 0.5) is 0 Å². The molecule has 0 aromatic rings. The molecule has 0 aromatic carbocycles. The van der Waals surface area contributed by atoms with E-state index in [1.165, 1.54) is 0 Å². The Morgan fingerprint density at radius 2 is 1.27 bits per heavy atom. The van der Waals surface area contributed by atoms with Crippen LogP contribution in [0.15, 0.2) is 0 Å². The molecule has 0 saturated heterocycles. The van der Waals surface area contributed by atoms with Crippen LogP contribution in [-0.4, -0.2) is 31.9 Å². The molecule has 64 valence electrons. The zero-order valence-electron chi connectivity index (χ0n) is 5.27. The van der Waals surface area contributed by atoms with Crippen molar-refractivity contribution in [3.05, 3.63) is 0 Å². The highest BCUT2D eigenvalue weighted by molar-refractivity contribution is 7.92. The summed E-state index contributed by atoms with van der Waals surface area (Å²) in [5.41, 5.74) is 0. The van der Waals surface area contributed by atoms with E-state index in [-0.39, 0.29) is 0 Å². The van der Waals surface area contributed by atoms with Gasteiger partial charge in [0.2, 0.25) is 0 Å². The predicted octanol–water partition coefficient (Wildman–Crippen LogP) is -4.10. The lowest BCUT2D eigenvalue weighted by Crippen LogP contribution is -2.37. The Kier molecular flexibility index (Phi) is 2.99. The van der Waals surface area contributed by atoms with Crippen LogP contribution in [0.25, 0.3) is 0 Å². The standard InChI is InChI=1S/C4H6O6S/c5-3(6)1-11(9,10)2-4(7)8/h1-2H2,(H,5,6)(H,7,8)/p-2. The quantitative estimate of drug-likeness (QED) is 0.434. The number of carbonyl (C=O) groups excluding carboxylic acids is 2. The molecule has 0 aliphatic rings. The summed E-state index contributed by atoms with van der Waals surface area (Å²) in [6, 6.07) is 0. The van der Waals surface area contributed by atoms with Gasteiger partial charge in [-0.15, -0.1) is 0 Å². The van der Waals surface area contributed by atoms with Crippen molar-refractivity contribution < 1.29 is 28.2 Å². The highest BCUT2D eigenvalue weighted by atomic mass is 32.2. The van der Waals surface area contributed by atoms with Gasteiger partial charge >= 0.3 is 0 Å². The summed E-state index contributed by atoms with van der Waals surface area (Å²) in [6.45, 7) is 0. The first-order valence-electron chi connectivity index (χ1n) is 2.43. The number of sulfone groups is 1. The van der Waals surface area contributed by atoms with Gasteiger partial charge in [0.1, 0.15) is 0 Å². The summed E-state index contributed by atoms with van der Waals surface area (Å²) >= 11 is 0. The maximum Gasteiger partial charge on any atom is 0.160 e. The fraction of sp³-hybridized carbons (Fsp3) is 0.500. The van der Waals surface area contributed by atoms with Gasteiger partial charge in [-0.2, -0.15) is 0 Å². The monoisotopic (exact) mass is 180 g/mol. The maximum absolute atomic E-state index is 10.4. The molecule has 0 amide bonds. The van der Waals surface area contributed by atoms with Gasteiger partial charge < -0.3 is 19.8 Å². The SMILES string of the molecule is O=C([O-])CS(=O)(=O)CC(=O)[O-]. The molecule has 0 heterocycles. The molecule has 0 aliphatic heterocycles. The van der Waals surface area contributed by atoms with Crippen LogP contribution in [0.1, 0.15) is 0 Å². The van der Waals surface area contributed by atoms with E-state index in [1.807, 2.05) is 0 Å². The predicted molar refractivity (Wildman–Crippen MR) is 28.7 cm³/mol. The number of hydrogen-bond donors (Lipinski definition) is 0. The molecule has 0 spiro atoms. The van der Waals surface area contributed by atoms with E-state index >= 15 is 0 Å². The van der Waals surface area contributed by atoms with Crippen LogP contribution in [0.3, 0.4) is 0 Å². The van der Waals surface area contributed by atoms with Gasteiger partial charge in [0, 0.05) is 0 Å². The van der Waals surface area contributed by atoms with Crippen molar-refractivity contribution in [2.24, 2.45) is 0 Å². The maximum atomic E-state index is 10.4. The van der Waals surface area contributed by atoms with Gasteiger partial charge in [-0.1, -0.05) is 0 Å². The molecule has 0 aliphatic carbocycles. The highest BCUT2D eigenvalue weighted by Gasteiger charge is 2.10. The Labute approximate surface area is 62.4 Å². The van der Waals surface area contributed by atoms with Gasteiger partial charge in [-0.05, 0) is 0 Å². The minimum atomic E-state index is -4.10. The van der Waals surface area contributed by atoms with E-state index in [0.29, 0.717) is 0 Å². The minimum absolute atomic E-state index is 1.29. The van der Waals surface area contributed by atoms with Crippen molar-refractivity contribution in [1.29, 1.82) is 0 Å². The lowest BCUT2D eigenvalue weighted by Gasteiger charge is -2.04. The van der Waals surface area contributed by atoms with Crippen molar-refractivity contribution in [1.82, 2.24) is 0 Å². The van der Waals surface area contributed by atoms with E-state index in [2.05, 4.69) is 0 Å². The zero-order valence-corrected chi connectivity index (χ0v) is 6.09. The molecule has 0 N–H and O–H groups in total. The molecule has 6 nitrogen and oxygen atoms in total. The molecular formula is C4H4O6S-2. The highest BCUT2D eigenvalue weighted by Crippen LogP contribution is 1.86. The number of carboxylic acid groups (broad SMARTS) is 2. The Hall–Kier alpha value is -1.11. The van der Waals surface area contributed by atoms with Crippen LogP contribution in [0.2, 0.25) is 0 Å². The molecule has 0 rings (SSSR count). The molecule has 0 saturated carbocycles.